The van der Waals surface area contributed by atoms with E-state index in [2.05, 4.69) is 11.3 Å². The van der Waals surface area contributed by atoms with E-state index < -0.39 is 60.9 Å². The van der Waals surface area contributed by atoms with Crippen LogP contribution in [0.15, 0.2) is 12.7 Å². The summed E-state index contributed by atoms with van der Waals surface area (Å²) in [6.07, 6.45) is -12.9. The third-order valence-electron chi connectivity index (χ3n) is 3.08. The van der Waals surface area contributed by atoms with Gasteiger partial charge in [0.15, 0.2) is 0 Å². The van der Waals surface area contributed by atoms with Crippen LogP contribution in [0, 0.1) is 0 Å². The summed E-state index contributed by atoms with van der Waals surface area (Å²) in [7, 11) is 0. The molecule has 0 bridgehead atoms. The Balaban J connectivity index is 5.85. The highest BCUT2D eigenvalue weighted by Gasteiger charge is 2.90. The maximum absolute atomic E-state index is 13.4. The molecule has 16 heteroatoms. The minimum Gasteiger partial charge on any atom is -0.460 e. The second kappa shape index (κ2) is 7.59. The number of alkyl halides is 13. The molecular weight excluding hydrogens is 439 g/mol. The summed E-state index contributed by atoms with van der Waals surface area (Å²) in [4.78, 5) is 10.6. The summed E-state index contributed by atoms with van der Waals surface area (Å²) < 4.78 is 170. The first kappa shape index (κ1) is 26.3. The van der Waals surface area contributed by atoms with Crippen molar-refractivity contribution >= 4 is 5.97 Å². The Labute approximate surface area is 146 Å². The van der Waals surface area contributed by atoms with Crippen LogP contribution in [0.3, 0.4) is 0 Å². The van der Waals surface area contributed by atoms with E-state index in [9.17, 15) is 61.9 Å². The lowest BCUT2D eigenvalue weighted by atomic mass is 9.91. The van der Waals surface area contributed by atoms with Gasteiger partial charge in [-0.3, -0.25) is 0 Å². The van der Waals surface area contributed by atoms with E-state index in [1.807, 2.05) is 0 Å². The van der Waals surface area contributed by atoms with Crippen LogP contribution < -0.4 is 0 Å². The van der Waals surface area contributed by atoms with Gasteiger partial charge in [-0.05, 0) is 0 Å². The fourth-order valence-electron chi connectivity index (χ4n) is 1.52. The highest BCUT2D eigenvalue weighted by Crippen LogP contribution is 2.60. The maximum atomic E-state index is 13.4. The Bertz CT molecular complexity index is 582. The molecule has 0 aliphatic rings. The van der Waals surface area contributed by atoms with Crippen molar-refractivity contribution < 1.29 is 71.7 Å². The molecule has 0 aromatic carbocycles. The number of aliphatic hydroxyl groups excluding tert-OH is 1. The molecule has 0 unspecified atom stereocenters. The summed E-state index contributed by atoms with van der Waals surface area (Å²) in [5.41, 5.74) is 0. The Morgan fingerprint density at radius 1 is 0.821 bits per heavy atom. The molecule has 0 heterocycles. The highest BCUT2D eigenvalue weighted by molar-refractivity contribution is 5.81. The fourth-order valence-corrected chi connectivity index (χ4v) is 1.52. The van der Waals surface area contributed by atoms with Gasteiger partial charge in [0.05, 0.1) is 6.10 Å². The van der Waals surface area contributed by atoms with E-state index in [4.69, 9.17) is 5.11 Å². The van der Waals surface area contributed by atoms with Crippen molar-refractivity contribution in [3.63, 3.8) is 0 Å². The van der Waals surface area contributed by atoms with Crippen molar-refractivity contribution in [2.45, 2.75) is 48.3 Å². The van der Waals surface area contributed by atoms with Gasteiger partial charge in [0, 0.05) is 12.5 Å². The van der Waals surface area contributed by atoms with Gasteiger partial charge in [0.2, 0.25) is 0 Å². The molecule has 0 aliphatic carbocycles. The monoisotopic (exact) mass is 448 g/mol. The normalized spacial score (nSPS) is 15.9. The molecule has 0 saturated carbocycles. The van der Waals surface area contributed by atoms with Crippen molar-refractivity contribution in [2.75, 3.05) is 6.61 Å². The van der Waals surface area contributed by atoms with Crippen LogP contribution in [0.25, 0.3) is 0 Å². The molecular formula is C12H9F13O3. The second-order valence-electron chi connectivity index (χ2n) is 5.19. The maximum Gasteiger partial charge on any atom is 0.460 e. The van der Waals surface area contributed by atoms with E-state index >= 15 is 0 Å². The van der Waals surface area contributed by atoms with E-state index in [1.165, 1.54) is 0 Å². The van der Waals surface area contributed by atoms with Crippen LogP contribution in [0.4, 0.5) is 57.1 Å². The lowest BCUT2D eigenvalue weighted by Gasteiger charge is -2.40. The first-order valence-electron chi connectivity index (χ1n) is 6.53. The average molecular weight is 448 g/mol. The molecule has 1 atom stereocenters. The van der Waals surface area contributed by atoms with Gasteiger partial charge in [0.25, 0.3) is 0 Å². The number of carbonyl (C=O) groups is 1. The molecule has 0 rings (SSSR count). The van der Waals surface area contributed by atoms with E-state index in [0.717, 1.165) is 0 Å². The number of esters is 1. The molecule has 0 aromatic rings. The largest absolute Gasteiger partial charge is 0.460 e. The minimum atomic E-state index is -8.01. The highest BCUT2D eigenvalue weighted by atomic mass is 19.4. The summed E-state index contributed by atoms with van der Waals surface area (Å²) >= 11 is 0. The summed E-state index contributed by atoms with van der Waals surface area (Å²) in [6.45, 7) is 1.21. The molecule has 0 saturated heterocycles. The number of rotatable bonds is 9. The lowest BCUT2D eigenvalue weighted by molar-refractivity contribution is -0.440. The van der Waals surface area contributed by atoms with Crippen molar-refractivity contribution in [2.24, 2.45) is 0 Å². The number of halogens is 13. The van der Waals surface area contributed by atoms with Crippen molar-refractivity contribution in [3.8, 4) is 0 Å². The predicted molar refractivity (Wildman–Crippen MR) is 62.6 cm³/mol. The zero-order valence-corrected chi connectivity index (χ0v) is 13.0. The number of ether oxygens (including phenoxy) is 1. The lowest BCUT2D eigenvalue weighted by Crippen LogP contribution is -2.70. The van der Waals surface area contributed by atoms with Crippen LogP contribution in [0.1, 0.15) is 6.42 Å². The van der Waals surface area contributed by atoms with E-state index in [1.54, 1.807) is 0 Å². The van der Waals surface area contributed by atoms with Gasteiger partial charge >= 0.3 is 41.8 Å². The Hall–Kier alpha value is -1.74. The predicted octanol–water partition coefficient (Wildman–Crippen LogP) is 4.21. The van der Waals surface area contributed by atoms with E-state index in [0.29, 0.717) is 6.08 Å². The summed E-state index contributed by atoms with van der Waals surface area (Å²) in [5, 5.41) is 8.96. The van der Waals surface area contributed by atoms with Crippen LogP contribution in [0.5, 0.6) is 0 Å². The van der Waals surface area contributed by atoms with Crippen LogP contribution in [-0.2, 0) is 9.53 Å². The third kappa shape index (κ3) is 4.30. The molecule has 3 nitrogen and oxygen atoms in total. The number of aliphatic hydroxyl groups is 1. The minimum absolute atomic E-state index is 0.382. The van der Waals surface area contributed by atoms with Crippen molar-refractivity contribution in [1.82, 2.24) is 0 Å². The first-order valence-corrected chi connectivity index (χ1v) is 6.53. The molecule has 166 valence electrons. The first-order chi connectivity index (χ1) is 12.1. The fraction of sp³-hybridized carbons (Fsp3) is 0.750. The standard InChI is InChI=1S/C12H9F13O3/c1-2-6(27)28-4-5(26)3-7(13,14)8(15,16)9(17,18)10(19,20)11(21,22)12(23,24)25/h2,5,26H,1,3-4H2/t5-/m1/s1. The van der Waals surface area contributed by atoms with Crippen LogP contribution >= 0.6 is 0 Å². The summed E-state index contributed by atoms with van der Waals surface area (Å²) in [6, 6.07) is 0. The second-order valence-corrected chi connectivity index (χ2v) is 5.19. The van der Waals surface area contributed by atoms with Crippen molar-refractivity contribution in [3.05, 3.63) is 12.7 Å². The van der Waals surface area contributed by atoms with Gasteiger partial charge in [-0.25, -0.2) is 4.79 Å². The molecule has 0 radical (unpaired) electrons. The van der Waals surface area contributed by atoms with Gasteiger partial charge in [0.1, 0.15) is 6.61 Å². The summed E-state index contributed by atoms with van der Waals surface area (Å²) in [5.74, 6) is -39.1. The zero-order valence-electron chi connectivity index (χ0n) is 13.0. The molecule has 0 amide bonds. The SMILES string of the molecule is C=CC(=O)OC[C@H](O)CC(F)(F)C(F)(F)C(F)(F)C(F)(F)C(F)(F)C(F)(F)F. The average Bonchev–Trinajstić information content (AvgIpc) is 2.50. The number of hydrogen-bond donors (Lipinski definition) is 1. The van der Waals surface area contributed by atoms with Gasteiger partial charge in [-0.1, -0.05) is 6.58 Å². The number of carbonyl (C=O) groups excluding carboxylic acids is 1. The van der Waals surface area contributed by atoms with Crippen LogP contribution in [0.2, 0.25) is 0 Å². The molecule has 0 aliphatic heterocycles. The van der Waals surface area contributed by atoms with Crippen molar-refractivity contribution in [1.29, 1.82) is 0 Å². The molecule has 28 heavy (non-hydrogen) atoms. The van der Waals surface area contributed by atoms with Gasteiger partial charge < -0.3 is 9.84 Å². The quantitative estimate of drug-likeness (QED) is 0.327. The molecule has 0 fully saturated rings. The topological polar surface area (TPSA) is 46.5 Å². The smallest absolute Gasteiger partial charge is 0.460 e. The Kier molecular flexibility index (Phi) is 7.12. The Morgan fingerprint density at radius 2 is 1.21 bits per heavy atom. The molecule has 0 spiro atoms. The van der Waals surface area contributed by atoms with Crippen LogP contribution in [-0.4, -0.2) is 59.6 Å². The van der Waals surface area contributed by atoms with Gasteiger partial charge in [-0.2, -0.15) is 57.1 Å². The third-order valence-corrected chi connectivity index (χ3v) is 3.08. The molecule has 0 aromatic heterocycles. The number of hydrogen-bond acceptors (Lipinski definition) is 3. The zero-order chi connectivity index (χ0) is 23.0. The van der Waals surface area contributed by atoms with E-state index in [-0.39, 0.29) is 0 Å². The van der Waals surface area contributed by atoms with Gasteiger partial charge in [-0.15, -0.1) is 0 Å². The Morgan fingerprint density at radius 3 is 1.57 bits per heavy atom. The molecule has 1 N–H and O–H groups in total.